The fraction of sp³-hybridized carbons (Fsp3) is 0.429. The molecule has 5 heteroatoms. The lowest BCUT2D eigenvalue weighted by molar-refractivity contribution is -0.120. The van der Waals surface area contributed by atoms with Crippen LogP contribution in [-0.2, 0) is 14.3 Å². The maximum Gasteiger partial charge on any atom is 0.235 e. The van der Waals surface area contributed by atoms with Crippen LogP contribution in [0.4, 0.5) is 0 Å². The summed E-state index contributed by atoms with van der Waals surface area (Å²) in [6.07, 6.45) is 1.57. The van der Waals surface area contributed by atoms with Gasteiger partial charge in [-0.1, -0.05) is 0 Å². The molecule has 0 saturated heterocycles. The third-order valence-corrected chi connectivity index (χ3v) is 1.43. The zero-order valence-corrected chi connectivity index (χ0v) is 6.32. The lowest BCUT2D eigenvalue weighted by Crippen LogP contribution is -2.22. The van der Waals surface area contributed by atoms with Crippen molar-refractivity contribution in [2.75, 3.05) is 6.79 Å². The van der Waals surface area contributed by atoms with Gasteiger partial charge in [-0.05, 0) is 0 Å². The predicted molar refractivity (Wildman–Crippen MR) is 38.0 cm³/mol. The van der Waals surface area contributed by atoms with Gasteiger partial charge in [0.1, 0.15) is 17.9 Å². The number of hydrogen-bond acceptors (Lipinski definition) is 4. The summed E-state index contributed by atoms with van der Waals surface area (Å²) in [4.78, 5) is 10.6. The Bertz CT molecular complexity index is 254. The maximum absolute atomic E-state index is 10.6. The van der Waals surface area contributed by atoms with E-state index in [1.54, 1.807) is 6.07 Å². The molecule has 5 nitrogen and oxygen atoms in total. The zero-order chi connectivity index (χ0) is 8.97. The molecule has 0 aromatic rings. The molecule has 0 bridgehead atoms. The number of primary amides is 1. The molecule has 0 aromatic heterocycles. The number of ether oxygens (including phenoxy) is 2. The second kappa shape index (κ2) is 3.62. The van der Waals surface area contributed by atoms with Crippen molar-refractivity contribution < 1.29 is 14.3 Å². The lowest BCUT2D eigenvalue weighted by Gasteiger charge is -2.03. The molecule has 0 fully saturated rings. The topological polar surface area (TPSA) is 85.3 Å². The molecular weight excluding hydrogens is 160 g/mol. The quantitative estimate of drug-likeness (QED) is 0.634. The van der Waals surface area contributed by atoms with Crippen molar-refractivity contribution in [2.45, 2.75) is 6.42 Å². The lowest BCUT2D eigenvalue weighted by atomic mass is 10.1. The number of allylic oxidation sites excluding steroid dienone is 1. The van der Waals surface area contributed by atoms with Crippen LogP contribution in [0.1, 0.15) is 6.42 Å². The van der Waals surface area contributed by atoms with E-state index in [0.29, 0.717) is 5.76 Å². The van der Waals surface area contributed by atoms with E-state index in [-0.39, 0.29) is 13.2 Å². The molecule has 1 amide bonds. The Balaban J connectivity index is 2.48. The van der Waals surface area contributed by atoms with Gasteiger partial charge in [-0.2, -0.15) is 5.26 Å². The minimum Gasteiger partial charge on any atom is -0.462 e. The van der Waals surface area contributed by atoms with Crippen molar-refractivity contribution in [2.24, 2.45) is 11.7 Å². The molecule has 12 heavy (non-hydrogen) atoms. The molecule has 0 saturated carbocycles. The van der Waals surface area contributed by atoms with Gasteiger partial charge in [-0.3, -0.25) is 4.79 Å². The second-order valence-electron chi connectivity index (χ2n) is 2.30. The van der Waals surface area contributed by atoms with Gasteiger partial charge in [-0.25, -0.2) is 0 Å². The van der Waals surface area contributed by atoms with Crippen LogP contribution in [0.2, 0.25) is 0 Å². The highest BCUT2D eigenvalue weighted by molar-refractivity contribution is 5.79. The van der Waals surface area contributed by atoms with Crippen molar-refractivity contribution in [1.29, 1.82) is 5.26 Å². The summed E-state index contributed by atoms with van der Waals surface area (Å²) in [5, 5.41) is 8.48. The maximum atomic E-state index is 10.6. The minimum absolute atomic E-state index is 0.145. The molecule has 1 rings (SSSR count). The zero-order valence-electron chi connectivity index (χ0n) is 6.32. The highest BCUT2D eigenvalue weighted by Crippen LogP contribution is 2.16. The van der Waals surface area contributed by atoms with Crippen molar-refractivity contribution in [3.05, 3.63) is 12.0 Å². The smallest absolute Gasteiger partial charge is 0.235 e. The largest absolute Gasteiger partial charge is 0.462 e. The monoisotopic (exact) mass is 168 g/mol. The number of rotatable bonds is 3. The van der Waals surface area contributed by atoms with Crippen molar-refractivity contribution in [3.8, 4) is 6.07 Å². The number of amides is 1. The summed E-state index contributed by atoms with van der Waals surface area (Å²) < 4.78 is 9.65. The van der Waals surface area contributed by atoms with Crippen LogP contribution in [0, 0.1) is 17.2 Å². The van der Waals surface area contributed by atoms with Gasteiger partial charge in [-0.15, -0.1) is 0 Å². The molecule has 0 radical (unpaired) electrons. The highest BCUT2D eigenvalue weighted by atomic mass is 16.7. The van der Waals surface area contributed by atoms with E-state index in [1.165, 1.54) is 6.26 Å². The van der Waals surface area contributed by atoms with Crippen LogP contribution in [0.15, 0.2) is 12.0 Å². The standard InChI is InChI=1S/C7H8N2O3/c8-2-5(7(9)10)1-6-3-11-4-12-6/h3,5H,1,4H2,(H2,9,10). The van der Waals surface area contributed by atoms with Crippen LogP contribution >= 0.6 is 0 Å². The first-order valence-electron chi connectivity index (χ1n) is 3.36. The first kappa shape index (κ1) is 8.40. The van der Waals surface area contributed by atoms with Gasteiger partial charge >= 0.3 is 0 Å². The fourth-order valence-corrected chi connectivity index (χ4v) is 0.789. The Hall–Kier alpha value is -1.70. The SMILES string of the molecule is N#CC(CC1=COCO1)C(N)=O. The van der Waals surface area contributed by atoms with Crippen molar-refractivity contribution in [1.82, 2.24) is 0 Å². The Morgan fingerprint density at radius 2 is 2.67 bits per heavy atom. The molecule has 1 aliphatic heterocycles. The van der Waals surface area contributed by atoms with Gasteiger partial charge in [0.2, 0.25) is 12.7 Å². The van der Waals surface area contributed by atoms with E-state index in [2.05, 4.69) is 0 Å². The molecule has 1 atom stereocenters. The van der Waals surface area contributed by atoms with Crippen molar-refractivity contribution >= 4 is 5.91 Å². The molecule has 1 heterocycles. The average molecular weight is 168 g/mol. The molecule has 64 valence electrons. The van der Waals surface area contributed by atoms with Crippen LogP contribution < -0.4 is 5.73 Å². The number of carbonyl (C=O) groups is 1. The predicted octanol–water partition coefficient (Wildman–Crippen LogP) is -0.153. The van der Waals surface area contributed by atoms with Crippen LogP contribution in [0.3, 0.4) is 0 Å². The summed E-state index contributed by atoms with van der Waals surface area (Å²) in [5.74, 6) is -0.993. The van der Waals surface area contributed by atoms with E-state index < -0.39 is 11.8 Å². The van der Waals surface area contributed by atoms with Crippen LogP contribution in [0.25, 0.3) is 0 Å². The molecule has 0 aromatic carbocycles. The van der Waals surface area contributed by atoms with Crippen molar-refractivity contribution in [3.63, 3.8) is 0 Å². The number of nitrogens with two attached hydrogens (primary N) is 1. The first-order chi connectivity index (χ1) is 5.74. The summed E-state index contributed by atoms with van der Waals surface area (Å²) in [5.41, 5.74) is 4.94. The third-order valence-electron chi connectivity index (χ3n) is 1.43. The summed E-state index contributed by atoms with van der Waals surface area (Å²) in [6.45, 7) is 0.145. The van der Waals surface area contributed by atoms with Crippen LogP contribution in [-0.4, -0.2) is 12.7 Å². The van der Waals surface area contributed by atoms with Crippen LogP contribution in [0.5, 0.6) is 0 Å². The Morgan fingerprint density at radius 3 is 3.08 bits per heavy atom. The van der Waals surface area contributed by atoms with E-state index in [0.717, 1.165) is 0 Å². The number of nitrogens with zero attached hydrogens (tertiary/aromatic N) is 1. The average Bonchev–Trinajstić information content (AvgIpc) is 2.51. The summed E-state index contributed by atoms with van der Waals surface area (Å²) in [7, 11) is 0. The van der Waals surface area contributed by atoms with Gasteiger partial charge < -0.3 is 15.2 Å². The minimum atomic E-state index is -0.835. The summed E-state index contributed by atoms with van der Waals surface area (Å²) in [6, 6.07) is 1.78. The van der Waals surface area contributed by atoms with Gasteiger partial charge in [0.25, 0.3) is 0 Å². The summed E-state index contributed by atoms with van der Waals surface area (Å²) >= 11 is 0. The normalized spacial score (nSPS) is 16.8. The number of carbonyl (C=O) groups excluding carboxylic acids is 1. The fourth-order valence-electron chi connectivity index (χ4n) is 0.789. The third kappa shape index (κ3) is 1.89. The van der Waals surface area contributed by atoms with E-state index in [4.69, 9.17) is 20.5 Å². The van der Waals surface area contributed by atoms with E-state index in [1.807, 2.05) is 0 Å². The van der Waals surface area contributed by atoms with Gasteiger partial charge in [0, 0.05) is 6.42 Å². The van der Waals surface area contributed by atoms with E-state index in [9.17, 15) is 4.79 Å². The molecule has 0 aliphatic carbocycles. The Kier molecular flexibility index (Phi) is 2.53. The number of hydrogen-bond donors (Lipinski definition) is 1. The van der Waals surface area contributed by atoms with Gasteiger partial charge in [0.15, 0.2) is 0 Å². The molecule has 1 aliphatic rings. The molecule has 1 unspecified atom stereocenters. The van der Waals surface area contributed by atoms with E-state index >= 15 is 0 Å². The highest BCUT2D eigenvalue weighted by Gasteiger charge is 2.19. The second-order valence-corrected chi connectivity index (χ2v) is 2.30. The first-order valence-corrected chi connectivity index (χ1v) is 3.36. The Morgan fingerprint density at radius 1 is 1.92 bits per heavy atom. The Labute approximate surface area is 69.4 Å². The molecule has 2 N–H and O–H groups in total. The molecular formula is C7H8N2O3. The molecule has 0 spiro atoms. The van der Waals surface area contributed by atoms with Gasteiger partial charge in [0.05, 0.1) is 6.07 Å². The number of nitriles is 1.